The summed E-state index contributed by atoms with van der Waals surface area (Å²) >= 11 is 0. The van der Waals surface area contributed by atoms with Crippen LogP contribution >= 0.6 is 0 Å². The molecule has 0 saturated heterocycles. The van der Waals surface area contributed by atoms with E-state index in [4.69, 9.17) is 4.74 Å². The van der Waals surface area contributed by atoms with Crippen molar-refractivity contribution in [3.8, 4) is 0 Å². The number of ether oxygens (including phenoxy) is 1. The number of hydrogen-bond acceptors (Lipinski definition) is 1. The third kappa shape index (κ3) is 1.70. The molecule has 1 unspecified atom stereocenters. The number of H-pyrrole nitrogens is 1. The topological polar surface area (TPSA) is 25.0 Å². The summed E-state index contributed by atoms with van der Waals surface area (Å²) in [5.41, 5.74) is 2.25. The smallest absolute Gasteiger partial charge is 0.122 e. The van der Waals surface area contributed by atoms with E-state index in [0.717, 1.165) is 11.3 Å². The third-order valence-electron chi connectivity index (χ3n) is 2.24. The molecular formula is C12H13NO. The summed E-state index contributed by atoms with van der Waals surface area (Å²) in [7, 11) is 1.72. The fraction of sp³-hybridized carbons (Fsp3) is 0.167. The highest BCUT2D eigenvalue weighted by atomic mass is 16.5. The summed E-state index contributed by atoms with van der Waals surface area (Å²) < 4.78 is 5.45. The van der Waals surface area contributed by atoms with E-state index in [1.54, 1.807) is 7.11 Å². The first-order chi connectivity index (χ1) is 6.92. The van der Waals surface area contributed by atoms with E-state index in [9.17, 15) is 0 Å². The van der Waals surface area contributed by atoms with Crippen molar-refractivity contribution in [3.63, 3.8) is 0 Å². The summed E-state index contributed by atoms with van der Waals surface area (Å²) in [5.74, 6) is 0. The molecule has 1 heterocycles. The molecule has 0 radical (unpaired) electrons. The molecule has 1 aromatic carbocycles. The number of rotatable bonds is 3. The number of nitrogens with one attached hydrogen (secondary N) is 1. The molecule has 0 aliphatic carbocycles. The quantitative estimate of drug-likeness (QED) is 0.785. The number of aromatic amines is 1. The number of benzene rings is 1. The van der Waals surface area contributed by atoms with E-state index in [2.05, 4.69) is 17.1 Å². The predicted molar refractivity (Wildman–Crippen MR) is 56.1 cm³/mol. The van der Waals surface area contributed by atoms with Crippen LogP contribution in [0.15, 0.2) is 48.7 Å². The van der Waals surface area contributed by atoms with E-state index in [0.29, 0.717) is 0 Å². The lowest BCUT2D eigenvalue weighted by Crippen LogP contribution is -2.03. The van der Waals surface area contributed by atoms with Crippen molar-refractivity contribution < 1.29 is 4.74 Å². The minimum absolute atomic E-state index is 0.00574. The van der Waals surface area contributed by atoms with Crippen molar-refractivity contribution in [1.29, 1.82) is 0 Å². The molecule has 0 aliphatic rings. The summed E-state index contributed by atoms with van der Waals surface area (Å²) in [6.07, 6.45) is 1.91. The maximum absolute atomic E-state index is 5.45. The monoisotopic (exact) mass is 187 g/mol. The van der Waals surface area contributed by atoms with Crippen molar-refractivity contribution >= 4 is 0 Å². The van der Waals surface area contributed by atoms with E-state index in [1.165, 1.54) is 0 Å². The Hall–Kier alpha value is -1.54. The summed E-state index contributed by atoms with van der Waals surface area (Å²) in [4.78, 5) is 3.16. The Labute approximate surface area is 83.5 Å². The molecule has 1 atom stereocenters. The van der Waals surface area contributed by atoms with Gasteiger partial charge in [-0.15, -0.1) is 0 Å². The zero-order valence-electron chi connectivity index (χ0n) is 8.10. The molecule has 2 rings (SSSR count). The minimum Gasteiger partial charge on any atom is -0.370 e. The lowest BCUT2D eigenvalue weighted by atomic mass is 10.1. The lowest BCUT2D eigenvalue weighted by Gasteiger charge is -2.13. The van der Waals surface area contributed by atoms with Crippen LogP contribution in [0.25, 0.3) is 0 Å². The molecule has 1 aromatic heterocycles. The van der Waals surface area contributed by atoms with Gasteiger partial charge in [0.05, 0.1) is 0 Å². The van der Waals surface area contributed by atoms with Gasteiger partial charge in [0.25, 0.3) is 0 Å². The van der Waals surface area contributed by atoms with E-state index >= 15 is 0 Å². The molecule has 14 heavy (non-hydrogen) atoms. The SMILES string of the molecule is COC(c1ccccc1)c1ccc[nH]1. The first-order valence-corrected chi connectivity index (χ1v) is 4.63. The van der Waals surface area contributed by atoms with Gasteiger partial charge in [-0.3, -0.25) is 0 Å². The zero-order valence-corrected chi connectivity index (χ0v) is 8.10. The molecule has 2 nitrogen and oxygen atoms in total. The molecule has 0 aliphatic heterocycles. The fourth-order valence-corrected chi connectivity index (χ4v) is 1.58. The summed E-state index contributed by atoms with van der Waals surface area (Å²) in [5, 5.41) is 0. The largest absolute Gasteiger partial charge is 0.370 e. The predicted octanol–water partition coefficient (Wildman–Crippen LogP) is 2.75. The molecular weight excluding hydrogens is 174 g/mol. The lowest BCUT2D eigenvalue weighted by molar-refractivity contribution is 0.133. The average Bonchev–Trinajstić information content (AvgIpc) is 2.74. The molecule has 0 spiro atoms. The van der Waals surface area contributed by atoms with Crippen LogP contribution in [0, 0.1) is 0 Å². The van der Waals surface area contributed by atoms with Gasteiger partial charge in [-0.25, -0.2) is 0 Å². The Balaban J connectivity index is 2.31. The second-order valence-corrected chi connectivity index (χ2v) is 3.15. The van der Waals surface area contributed by atoms with E-state index in [-0.39, 0.29) is 6.10 Å². The second kappa shape index (κ2) is 4.11. The Morgan fingerprint density at radius 3 is 2.43 bits per heavy atom. The van der Waals surface area contributed by atoms with Gasteiger partial charge in [0, 0.05) is 19.0 Å². The van der Waals surface area contributed by atoms with Gasteiger partial charge in [-0.2, -0.15) is 0 Å². The normalized spacial score (nSPS) is 12.6. The molecule has 0 fully saturated rings. The third-order valence-corrected chi connectivity index (χ3v) is 2.24. The van der Waals surface area contributed by atoms with Gasteiger partial charge in [-0.1, -0.05) is 30.3 Å². The highest BCUT2D eigenvalue weighted by Crippen LogP contribution is 2.23. The summed E-state index contributed by atoms with van der Waals surface area (Å²) in [6, 6.07) is 14.2. The van der Waals surface area contributed by atoms with Crippen molar-refractivity contribution in [2.24, 2.45) is 0 Å². The van der Waals surface area contributed by atoms with Gasteiger partial charge in [-0.05, 0) is 17.7 Å². The summed E-state index contributed by atoms with van der Waals surface area (Å²) in [6.45, 7) is 0. The van der Waals surface area contributed by atoms with Crippen LogP contribution in [0.3, 0.4) is 0 Å². The van der Waals surface area contributed by atoms with Crippen molar-refractivity contribution in [3.05, 3.63) is 59.9 Å². The van der Waals surface area contributed by atoms with E-state index in [1.807, 2.05) is 36.5 Å². The first kappa shape index (κ1) is 9.03. The van der Waals surface area contributed by atoms with E-state index < -0.39 is 0 Å². The maximum atomic E-state index is 5.45. The first-order valence-electron chi connectivity index (χ1n) is 4.63. The molecule has 0 bridgehead atoms. The Kier molecular flexibility index (Phi) is 2.65. The van der Waals surface area contributed by atoms with Crippen molar-refractivity contribution in [2.45, 2.75) is 6.10 Å². The molecule has 0 amide bonds. The van der Waals surface area contributed by atoms with Crippen LogP contribution in [0.1, 0.15) is 17.4 Å². The van der Waals surface area contributed by atoms with Gasteiger partial charge in [0.1, 0.15) is 6.10 Å². The van der Waals surface area contributed by atoms with Crippen LogP contribution < -0.4 is 0 Å². The van der Waals surface area contributed by atoms with Gasteiger partial charge in [0.2, 0.25) is 0 Å². The molecule has 2 heteroatoms. The van der Waals surface area contributed by atoms with Crippen LogP contribution in [0.2, 0.25) is 0 Å². The van der Waals surface area contributed by atoms with Gasteiger partial charge >= 0.3 is 0 Å². The van der Waals surface area contributed by atoms with Crippen LogP contribution in [0.4, 0.5) is 0 Å². The molecule has 1 N–H and O–H groups in total. The van der Waals surface area contributed by atoms with Gasteiger partial charge < -0.3 is 9.72 Å². The standard InChI is InChI=1S/C12H13NO/c1-14-12(11-8-5-9-13-11)10-6-3-2-4-7-10/h2-9,12-13H,1H3. The average molecular weight is 187 g/mol. The Morgan fingerprint density at radius 2 is 1.86 bits per heavy atom. The molecule has 72 valence electrons. The Bertz CT molecular complexity index is 366. The van der Waals surface area contributed by atoms with Crippen LogP contribution in [-0.2, 0) is 4.74 Å². The van der Waals surface area contributed by atoms with Gasteiger partial charge in [0.15, 0.2) is 0 Å². The van der Waals surface area contributed by atoms with Crippen LogP contribution in [-0.4, -0.2) is 12.1 Å². The zero-order chi connectivity index (χ0) is 9.80. The second-order valence-electron chi connectivity index (χ2n) is 3.15. The number of hydrogen-bond donors (Lipinski definition) is 1. The molecule has 2 aromatic rings. The highest BCUT2D eigenvalue weighted by molar-refractivity contribution is 5.25. The number of aromatic nitrogens is 1. The fourth-order valence-electron chi connectivity index (χ4n) is 1.58. The molecule has 0 saturated carbocycles. The van der Waals surface area contributed by atoms with Crippen molar-refractivity contribution in [2.75, 3.05) is 7.11 Å². The Morgan fingerprint density at radius 1 is 1.07 bits per heavy atom. The minimum atomic E-state index is 0.00574. The highest BCUT2D eigenvalue weighted by Gasteiger charge is 2.12. The van der Waals surface area contributed by atoms with Crippen LogP contribution in [0.5, 0.6) is 0 Å². The number of methoxy groups -OCH3 is 1. The van der Waals surface area contributed by atoms with Crippen molar-refractivity contribution in [1.82, 2.24) is 4.98 Å². The maximum Gasteiger partial charge on any atom is 0.122 e.